The molecule has 2 aromatic rings. The lowest BCUT2D eigenvalue weighted by atomic mass is 10.2. The Morgan fingerprint density at radius 3 is 3.20 bits per heavy atom. The summed E-state index contributed by atoms with van der Waals surface area (Å²) < 4.78 is 1.27. The number of nitrogens with one attached hydrogen (secondary N) is 1. The number of nitrogens with zero attached hydrogens (tertiary/aromatic N) is 1. The van der Waals surface area contributed by atoms with Crippen LogP contribution in [0.15, 0.2) is 23.7 Å². The van der Waals surface area contributed by atoms with Gasteiger partial charge >= 0.3 is 0 Å². The maximum Gasteiger partial charge on any atom is 0.134 e. The quantitative estimate of drug-likeness (QED) is 0.824. The molecule has 2 rings (SSSR count). The van der Waals surface area contributed by atoms with Gasteiger partial charge in [0, 0.05) is 28.2 Å². The molecule has 1 unspecified atom stereocenters. The first-order chi connectivity index (χ1) is 7.31. The lowest BCUT2D eigenvalue weighted by molar-refractivity contribution is 0.765. The van der Waals surface area contributed by atoms with Crippen molar-refractivity contribution in [1.82, 2.24) is 4.98 Å². The second-order valence-corrected chi connectivity index (χ2v) is 4.84. The highest BCUT2D eigenvalue weighted by molar-refractivity contribution is 7.17. The van der Waals surface area contributed by atoms with Crippen LogP contribution in [0.1, 0.15) is 13.3 Å². The van der Waals surface area contributed by atoms with Gasteiger partial charge in [-0.2, -0.15) is 0 Å². The molecular weight excluding hydrogens is 228 g/mol. The van der Waals surface area contributed by atoms with Crippen LogP contribution in [0, 0.1) is 0 Å². The number of anilines is 1. The van der Waals surface area contributed by atoms with E-state index in [1.165, 1.54) is 10.1 Å². The highest BCUT2D eigenvalue weighted by Gasteiger charge is 2.06. The molecule has 0 spiro atoms. The highest BCUT2D eigenvalue weighted by atomic mass is 35.5. The van der Waals surface area contributed by atoms with Crippen LogP contribution in [0.5, 0.6) is 0 Å². The zero-order valence-electron chi connectivity index (χ0n) is 8.53. The zero-order chi connectivity index (χ0) is 10.7. The van der Waals surface area contributed by atoms with Crippen LogP contribution in [-0.2, 0) is 0 Å². The fraction of sp³-hybridized carbons (Fsp3) is 0.364. The van der Waals surface area contributed by atoms with E-state index in [1.807, 2.05) is 12.3 Å². The Morgan fingerprint density at radius 1 is 1.53 bits per heavy atom. The summed E-state index contributed by atoms with van der Waals surface area (Å²) >= 11 is 7.44. The molecule has 0 aromatic carbocycles. The van der Waals surface area contributed by atoms with Gasteiger partial charge in [0.15, 0.2) is 0 Å². The smallest absolute Gasteiger partial charge is 0.134 e. The van der Waals surface area contributed by atoms with E-state index in [4.69, 9.17) is 11.6 Å². The molecule has 0 amide bonds. The van der Waals surface area contributed by atoms with Crippen LogP contribution in [0.4, 0.5) is 5.82 Å². The van der Waals surface area contributed by atoms with E-state index in [1.54, 1.807) is 11.3 Å². The van der Waals surface area contributed by atoms with Gasteiger partial charge in [-0.15, -0.1) is 22.9 Å². The van der Waals surface area contributed by atoms with Crippen LogP contribution < -0.4 is 5.32 Å². The van der Waals surface area contributed by atoms with Crippen molar-refractivity contribution in [1.29, 1.82) is 0 Å². The van der Waals surface area contributed by atoms with Crippen LogP contribution in [0.25, 0.3) is 10.1 Å². The summed E-state index contributed by atoms with van der Waals surface area (Å²) in [7, 11) is 0. The van der Waals surface area contributed by atoms with Gasteiger partial charge in [0.2, 0.25) is 0 Å². The van der Waals surface area contributed by atoms with Crippen LogP contribution in [0.3, 0.4) is 0 Å². The largest absolute Gasteiger partial charge is 0.367 e. The maximum absolute atomic E-state index is 5.70. The lowest BCUT2D eigenvalue weighted by Crippen LogP contribution is -2.16. The number of rotatable bonds is 4. The number of thiophene rings is 1. The number of hydrogen-bond acceptors (Lipinski definition) is 3. The molecule has 2 nitrogen and oxygen atoms in total. The van der Waals surface area contributed by atoms with Crippen LogP contribution in [-0.4, -0.2) is 16.9 Å². The molecule has 0 aliphatic carbocycles. The number of halogens is 1. The molecule has 2 aromatic heterocycles. The summed E-state index contributed by atoms with van der Waals surface area (Å²) in [5.41, 5.74) is 0. The maximum atomic E-state index is 5.70. The molecule has 0 radical (unpaired) electrons. The summed E-state index contributed by atoms with van der Waals surface area (Å²) in [5.74, 6) is 1.64. The molecular formula is C11H13ClN2S. The fourth-order valence-corrected chi connectivity index (χ4v) is 2.59. The number of pyridine rings is 1. The average Bonchev–Trinajstić information content (AvgIpc) is 2.67. The van der Waals surface area contributed by atoms with E-state index in [0.29, 0.717) is 11.9 Å². The molecule has 1 N–H and O–H groups in total. The first-order valence-corrected chi connectivity index (χ1v) is 6.37. The fourth-order valence-electron chi connectivity index (χ4n) is 1.48. The zero-order valence-corrected chi connectivity index (χ0v) is 10.1. The Labute approximate surface area is 98.3 Å². The van der Waals surface area contributed by atoms with E-state index in [9.17, 15) is 0 Å². The molecule has 4 heteroatoms. The van der Waals surface area contributed by atoms with E-state index in [2.05, 4.69) is 28.7 Å². The Morgan fingerprint density at radius 2 is 2.40 bits per heavy atom. The third-order valence-corrected chi connectivity index (χ3v) is 3.41. The molecule has 0 aliphatic rings. The van der Waals surface area contributed by atoms with Crippen molar-refractivity contribution in [2.75, 3.05) is 11.2 Å². The van der Waals surface area contributed by atoms with E-state index >= 15 is 0 Å². The van der Waals surface area contributed by atoms with Gasteiger partial charge in [-0.3, -0.25) is 0 Å². The van der Waals surface area contributed by atoms with Crippen molar-refractivity contribution in [2.45, 2.75) is 19.4 Å². The molecule has 80 valence electrons. The predicted octanol–water partition coefficient (Wildman–Crippen LogP) is 3.73. The highest BCUT2D eigenvalue weighted by Crippen LogP contribution is 2.26. The van der Waals surface area contributed by atoms with E-state index < -0.39 is 0 Å². The van der Waals surface area contributed by atoms with Crippen LogP contribution >= 0.6 is 22.9 Å². The predicted molar refractivity (Wildman–Crippen MR) is 68.0 cm³/mol. The Kier molecular flexibility index (Phi) is 3.44. The summed E-state index contributed by atoms with van der Waals surface area (Å²) in [4.78, 5) is 4.35. The monoisotopic (exact) mass is 240 g/mol. The minimum atomic E-state index is 0.362. The van der Waals surface area contributed by atoms with Crippen molar-refractivity contribution >= 4 is 38.8 Å². The molecule has 15 heavy (non-hydrogen) atoms. The summed E-state index contributed by atoms with van der Waals surface area (Å²) in [5, 5.41) is 6.67. The molecule has 0 fully saturated rings. The molecule has 0 saturated heterocycles. The number of fused-ring (bicyclic) bond motifs is 1. The standard InChI is InChI=1S/C11H13ClN2S/c1-8(2-5-12)14-11-9-4-7-15-10(9)3-6-13-11/h3-4,6-8H,2,5H2,1H3,(H,13,14). The minimum absolute atomic E-state index is 0.362. The van der Waals surface area contributed by atoms with Gasteiger partial charge in [0.1, 0.15) is 5.82 Å². The number of alkyl halides is 1. The normalized spacial score (nSPS) is 12.9. The van der Waals surface area contributed by atoms with Gasteiger partial charge in [-0.05, 0) is 30.9 Å². The van der Waals surface area contributed by atoms with Crippen molar-refractivity contribution in [3.8, 4) is 0 Å². The van der Waals surface area contributed by atoms with Crippen LogP contribution in [0.2, 0.25) is 0 Å². The molecule has 0 aliphatic heterocycles. The Hall–Kier alpha value is -0.800. The molecule has 2 heterocycles. The molecule has 0 saturated carbocycles. The van der Waals surface area contributed by atoms with E-state index in [0.717, 1.165) is 12.2 Å². The molecule has 1 atom stereocenters. The summed E-state index contributed by atoms with van der Waals surface area (Å²) in [6.45, 7) is 2.12. The summed E-state index contributed by atoms with van der Waals surface area (Å²) in [6, 6.07) is 4.50. The third kappa shape index (κ3) is 2.41. The van der Waals surface area contributed by atoms with Gasteiger partial charge in [0.25, 0.3) is 0 Å². The minimum Gasteiger partial charge on any atom is -0.367 e. The molecule has 0 bridgehead atoms. The summed E-state index contributed by atoms with van der Waals surface area (Å²) in [6.07, 6.45) is 2.79. The van der Waals surface area contributed by atoms with Crippen molar-refractivity contribution < 1.29 is 0 Å². The topological polar surface area (TPSA) is 24.9 Å². The van der Waals surface area contributed by atoms with Gasteiger partial charge in [-0.25, -0.2) is 4.98 Å². The number of aromatic nitrogens is 1. The van der Waals surface area contributed by atoms with Gasteiger partial charge in [0.05, 0.1) is 0 Å². The van der Waals surface area contributed by atoms with Gasteiger partial charge < -0.3 is 5.32 Å². The first-order valence-electron chi connectivity index (χ1n) is 4.96. The second kappa shape index (κ2) is 4.81. The Balaban J connectivity index is 2.23. The van der Waals surface area contributed by atoms with Crippen molar-refractivity contribution in [3.05, 3.63) is 23.7 Å². The van der Waals surface area contributed by atoms with Crippen molar-refractivity contribution in [2.24, 2.45) is 0 Å². The lowest BCUT2D eigenvalue weighted by Gasteiger charge is -2.13. The first kappa shape index (κ1) is 10.7. The van der Waals surface area contributed by atoms with Gasteiger partial charge in [-0.1, -0.05) is 0 Å². The average molecular weight is 241 g/mol. The SMILES string of the molecule is CC(CCCl)Nc1nccc2sccc12. The Bertz CT molecular complexity index is 441. The van der Waals surface area contributed by atoms with E-state index in [-0.39, 0.29) is 0 Å². The van der Waals surface area contributed by atoms with Crippen molar-refractivity contribution in [3.63, 3.8) is 0 Å². The third-order valence-electron chi connectivity index (χ3n) is 2.31. The number of hydrogen-bond donors (Lipinski definition) is 1. The second-order valence-electron chi connectivity index (χ2n) is 3.52.